The fourth-order valence-corrected chi connectivity index (χ4v) is 4.28. The summed E-state index contributed by atoms with van der Waals surface area (Å²) in [7, 11) is 1.62. The van der Waals surface area contributed by atoms with Crippen LogP contribution in [0.25, 0.3) is 0 Å². The minimum atomic E-state index is -0.486. The molecule has 0 saturated heterocycles. The van der Waals surface area contributed by atoms with Gasteiger partial charge in [0.15, 0.2) is 0 Å². The van der Waals surface area contributed by atoms with E-state index in [1.807, 2.05) is 62.4 Å². The molecule has 0 aromatic heterocycles. The lowest BCUT2D eigenvalue weighted by Crippen LogP contribution is -2.49. The Morgan fingerprint density at radius 3 is 2.38 bits per heavy atom. The van der Waals surface area contributed by atoms with Crippen LogP contribution in [0.15, 0.2) is 53.4 Å². The van der Waals surface area contributed by atoms with Gasteiger partial charge in [-0.3, -0.25) is 9.59 Å². The number of carbonyl (C=O) groups excluding carboxylic acids is 2. The lowest BCUT2D eigenvalue weighted by molar-refractivity contribution is -0.141. The maximum Gasteiger partial charge on any atom is 0.242 e. The summed E-state index contributed by atoms with van der Waals surface area (Å²) in [5, 5.41) is 3.66. The van der Waals surface area contributed by atoms with E-state index in [1.165, 1.54) is 0 Å². The first-order chi connectivity index (χ1) is 15.5. The Morgan fingerprint density at radius 1 is 1.09 bits per heavy atom. The number of thioether (sulfide) groups is 1. The number of carbonyl (C=O) groups is 2. The van der Waals surface area contributed by atoms with Crippen molar-refractivity contribution in [3.05, 3.63) is 59.1 Å². The topological polar surface area (TPSA) is 58.6 Å². The molecule has 0 aliphatic heterocycles. The van der Waals surface area contributed by atoms with Gasteiger partial charge in [0.1, 0.15) is 11.8 Å². The Kier molecular flexibility index (Phi) is 11.5. The van der Waals surface area contributed by atoms with Gasteiger partial charge in [-0.05, 0) is 67.0 Å². The Morgan fingerprint density at radius 2 is 1.78 bits per heavy atom. The molecule has 0 saturated carbocycles. The third-order valence-corrected chi connectivity index (χ3v) is 6.41. The van der Waals surface area contributed by atoms with Crippen LogP contribution in [0.1, 0.15) is 45.1 Å². The highest BCUT2D eigenvalue weighted by molar-refractivity contribution is 7.99. The van der Waals surface area contributed by atoms with Crippen LogP contribution >= 0.6 is 23.4 Å². The Balaban J connectivity index is 2.04. The fraction of sp³-hybridized carbons (Fsp3) is 0.440. The van der Waals surface area contributed by atoms with Crippen LogP contribution in [0.2, 0.25) is 5.02 Å². The summed E-state index contributed by atoms with van der Waals surface area (Å²) in [5.41, 5.74) is 0.969. The first-order valence-electron chi connectivity index (χ1n) is 11.1. The number of ether oxygens (including phenoxy) is 1. The largest absolute Gasteiger partial charge is 0.497 e. The molecule has 1 N–H and O–H groups in total. The van der Waals surface area contributed by atoms with E-state index < -0.39 is 6.04 Å². The van der Waals surface area contributed by atoms with E-state index >= 15 is 0 Å². The zero-order valence-electron chi connectivity index (χ0n) is 19.1. The molecule has 2 rings (SSSR count). The van der Waals surface area contributed by atoms with Gasteiger partial charge in [0.05, 0.1) is 7.11 Å². The van der Waals surface area contributed by atoms with Gasteiger partial charge in [-0.15, -0.1) is 11.8 Å². The van der Waals surface area contributed by atoms with E-state index in [2.05, 4.69) is 5.32 Å². The van der Waals surface area contributed by atoms with E-state index in [-0.39, 0.29) is 11.8 Å². The van der Waals surface area contributed by atoms with E-state index in [1.54, 1.807) is 23.8 Å². The first kappa shape index (κ1) is 26.1. The molecule has 2 aromatic rings. The molecule has 7 heteroatoms. The smallest absolute Gasteiger partial charge is 0.242 e. The minimum absolute atomic E-state index is 0.00368. The van der Waals surface area contributed by atoms with E-state index in [4.69, 9.17) is 16.3 Å². The predicted molar refractivity (Wildman–Crippen MR) is 132 cm³/mol. The maximum atomic E-state index is 13.2. The van der Waals surface area contributed by atoms with Crippen molar-refractivity contribution in [2.45, 2.75) is 57.0 Å². The van der Waals surface area contributed by atoms with Crippen molar-refractivity contribution in [1.82, 2.24) is 10.2 Å². The number of hydrogen-bond donors (Lipinski definition) is 1. The number of hydrogen-bond acceptors (Lipinski definition) is 4. The molecule has 0 aliphatic rings. The molecule has 0 bridgehead atoms. The standard InChI is InChI=1S/C25H33ClN2O3S/c1-4-16-27-25(30)23(5-2)28(18-19-8-12-21(31-3)13-9-19)24(29)7-6-17-32-22-14-10-20(26)11-15-22/h8-15,23H,4-7,16-18H2,1-3H3,(H,27,30)/t23-/m0/s1. The van der Waals surface area contributed by atoms with E-state index in [9.17, 15) is 9.59 Å². The second kappa shape index (κ2) is 14.1. The van der Waals surface area contributed by atoms with Gasteiger partial charge < -0.3 is 15.0 Å². The van der Waals surface area contributed by atoms with Gasteiger partial charge >= 0.3 is 0 Å². The van der Waals surface area contributed by atoms with Gasteiger partial charge in [0.25, 0.3) is 0 Å². The van der Waals surface area contributed by atoms with Crippen molar-refractivity contribution in [2.75, 3.05) is 19.4 Å². The summed E-state index contributed by atoms with van der Waals surface area (Å²) < 4.78 is 5.23. The van der Waals surface area contributed by atoms with Crippen LogP contribution < -0.4 is 10.1 Å². The molecule has 32 heavy (non-hydrogen) atoms. The monoisotopic (exact) mass is 476 g/mol. The SMILES string of the molecule is CCCNC(=O)[C@H](CC)N(Cc1ccc(OC)cc1)C(=O)CCCSc1ccc(Cl)cc1. The van der Waals surface area contributed by atoms with Crippen molar-refractivity contribution in [3.63, 3.8) is 0 Å². The average Bonchev–Trinajstić information content (AvgIpc) is 2.81. The highest BCUT2D eigenvalue weighted by Gasteiger charge is 2.28. The molecule has 0 heterocycles. The van der Waals surface area contributed by atoms with Crippen LogP contribution in [0.4, 0.5) is 0 Å². The van der Waals surface area contributed by atoms with E-state index in [0.717, 1.165) is 34.8 Å². The lowest BCUT2D eigenvalue weighted by Gasteiger charge is -2.30. The molecule has 0 radical (unpaired) electrons. The number of nitrogens with one attached hydrogen (secondary N) is 1. The third-order valence-electron chi connectivity index (χ3n) is 5.06. The highest BCUT2D eigenvalue weighted by Crippen LogP contribution is 2.22. The molecule has 0 aliphatic carbocycles. The number of nitrogens with zero attached hydrogens (tertiary/aromatic N) is 1. The molecular weight excluding hydrogens is 444 g/mol. The van der Waals surface area contributed by atoms with Crippen molar-refractivity contribution >= 4 is 35.2 Å². The number of amides is 2. The zero-order chi connectivity index (χ0) is 23.3. The predicted octanol–water partition coefficient (Wildman–Crippen LogP) is 5.55. The van der Waals surface area contributed by atoms with Crippen molar-refractivity contribution < 1.29 is 14.3 Å². The summed E-state index contributed by atoms with van der Waals surface area (Å²) >= 11 is 7.63. The number of halogens is 1. The van der Waals surface area contributed by atoms with Crippen LogP contribution in [-0.4, -0.2) is 42.2 Å². The summed E-state index contributed by atoms with van der Waals surface area (Å²) in [5.74, 6) is 1.49. The van der Waals surface area contributed by atoms with Gasteiger partial charge in [0, 0.05) is 29.4 Å². The molecule has 0 unspecified atom stereocenters. The molecule has 1 atom stereocenters. The molecule has 0 spiro atoms. The van der Waals surface area contributed by atoms with Crippen LogP contribution in [-0.2, 0) is 16.1 Å². The van der Waals surface area contributed by atoms with Crippen LogP contribution in [0.3, 0.4) is 0 Å². The van der Waals surface area contributed by atoms with Gasteiger partial charge in [-0.25, -0.2) is 0 Å². The van der Waals surface area contributed by atoms with Crippen molar-refractivity contribution in [2.24, 2.45) is 0 Å². The van der Waals surface area contributed by atoms with Gasteiger partial charge in [0.2, 0.25) is 11.8 Å². The molecule has 2 aromatic carbocycles. The number of methoxy groups -OCH3 is 1. The number of rotatable bonds is 13. The molecule has 5 nitrogen and oxygen atoms in total. The van der Waals surface area contributed by atoms with Gasteiger partial charge in [-0.1, -0.05) is 37.6 Å². The van der Waals surface area contributed by atoms with Crippen LogP contribution in [0.5, 0.6) is 5.75 Å². The quantitative estimate of drug-likeness (QED) is 0.304. The summed E-state index contributed by atoms with van der Waals surface area (Å²) in [6.45, 7) is 4.96. The second-order valence-electron chi connectivity index (χ2n) is 7.49. The van der Waals surface area contributed by atoms with Crippen molar-refractivity contribution in [3.8, 4) is 5.75 Å². The molecule has 2 amide bonds. The summed E-state index contributed by atoms with van der Waals surface area (Å²) in [6.07, 6.45) is 2.56. The lowest BCUT2D eigenvalue weighted by atomic mass is 10.1. The fourth-order valence-electron chi connectivity index (χ4n) is 3.30. The third kappa shape index (κ3) is 8.40. The van der Waals surface area contributed by atoms with Crippen molar-refractivity contribution in [1.29, 1.82) is 0 Å². The molecular formula is C25H33ClN2O3S. The maximum absolute atomic E-state index is 13.2. The first-order valence-corrected chi connectivity index (χ1v) is 12.4. The van der Waals surface area contributed by atoms with E-state index in [0.29, 0.717) is 31.0 Å². The minimum Gasteiger partial charge on any atom is -0.497 e. The zero-order valence-corrected chi connectivity index (χ0v) is 20.7. The molecule has 174 valence electrons. The Labute approximate surface area is 200 Å². The molecule has 0 fully saturated rings. The van der Waals surface area contributed by atoms with Crippen LogP contribution in [0, 0.1) is 0 Å². The van der Waals surface area contributed by atoms with Gasteiger partial charge in [-0.2, -0.15) is 0 Å². The second-order valence-corrected chi connectivity index (χ2v) is 9.10. The number of benzene rings is 2. The normalized spacial score (nSPS) is 11.6. The Hall–Kier alpha value is -2.18. The summed E-state index contributed by atoms with van der Waals surface area (Å²) in [4.78, 5) is 28.8. The Bertz CT molecular complexity index is 843. The summed E-state index contributed by atoms with van der Waals surface area (Å²) in [6, 6.07) is 14.8. The average molecular weight is 477 g/mol. The highest BCUT2D eigenvalue weighted by atomic mass is 35.5.